The van der Waals surface area contributed by atoms with Crippen molar-refractivity contribution < 1.29 is 4.79 Å². The van der Waals surface area contributed by atoms with Crippen LogP contribution in [0, 0.1) is 40.4 Å². The van der Waals surface area contributed by atoms with Gasteiger partial charge in [-0.2, -0.15) is 0 Å². The van der Waals surface area contributed by atoms with E-state index in [9.17, 15) is 4.79 Å². The summed E-state index contributed by atoms with van der Waals surface area (Å²) >= 11 is 0. The van der Waals surface area contributed by atoms with Crippen molar-refractivity contribution in [3.8, 4) is 0 Å². The van der Waals surface area contributed by atoms with Crippen LogP contribution in [-0.2, 0) is 4.79 Å². The number of carbonyl (C=O) groups is 1. The SMILES string of the molecule is CC(C)=C[C@@H]1[C@@H](C(=O)N[C@@H](C)C23CC4CC(CC(C4)C2)C3)C1(C)C. The summed E-state index contributed by atoms with van der Waals surface area (Å²) in [6.07, 6.45) is 10.8. The molecule has 5 fully saturated rings. The fourth-order valence-electron chi connectivity index (χ4n) is 7.01. The van der Waals surface area contributed by atoms with E-state index >= 15 is 0 Å². The maximum Gasteiger partial charge on any atom is 0.224 e. The molecule has 0 aliphatic heterocycles. The van der Waals surface area contributed by atoms with Crippen molar-refractivity contribution in [1.82, 2.24) is 5.32 Å². The van der Waals surface area contributed by atoms with Gasteiger partial charge in [0.15, 0.2) is 0 Å². The normalized spacial score (nSPS) is 45.6. The van der Waals surface area contributed by atoms with Gasteiger partial charge >= 0.3 is 0 Å². The van der Waals surface area contributed by atoms with Gasteiger partial charge in [0, 0.05) is 6.04 Å². The van der Waals surface area contributed by atoms with Crippen LogP contribution in [0.15, 0.2) is 11.6 Å². The highest BCUT2D eigenvalue weighted by molar-refractivity contribution is 5.84. The van der Waals surface area contributed by atoms with E-state index in [2.05, 4.69) is 46.0 Å². The maximum atomic E-state index is 13.0. The summed E-state index contributed by atoms with van der Waals surface area (Å²) in [5.74, 6) is 3.75. The fraction of sp³-hybridized carbons (Fsp3) is 0.864. The highest BCUT2D eigenvalue weighted by atomic mass is 16.2. The van der Waals surface area contributed by atoms with Gasteiger partial charge in [-0.25, -0.2) is 0 Å². The molecule has 0 aromatic carbocycles. The summed E-state index contributed by atoms with van der Waals surface area (Å²) in [6.45, 7) is 11.1. The van der Waals surface area contributed by atoms with Gasteiger partial charge in [-0.15, -0.1) is 0 Å². The second-order valence-corrected chi connectivity index (χ2v) is 10.6. The highest BCUT2D eigenvalue weighted by Gasteiger charge is 2.61. The lowest BCUT2D eigenvalue weighted by atomic mass is 9.48. The predicted octanol–water partition coefficient (Wildman–Crippen LogP) is 4.95. The van der Waals surface area contributed by atoms with Crippen molar-refractivity contribution in [2.75, 3.05) is 0 Å². The molecule has 4 bridgehead atoms. The Labute approximate surface area is 147 Å². The zero-order valence-electron chi connectivity index (χ0n) is 16.2. The predicted molar refractivity (Wildman–Crippen MR) is 98.4 cm³/mol. The van der Waals surface area contributed by atoms with Gasteiger partial charge in [-0.3, -0.25) is 4.79 Å². The molecular formula is C22H35NO. The molecule has 0 spiro atoms. The molecular weight excluding hydrogens is 294 g/mol. The number of amides is 1. The van der Waals surface area contributed by atoms with Crippen molar-refractivity contribution >= 4 is 5.91 Å². The van der Waals surface area contributed by atoms with E-state index in [0.29, 0.717) is 23.3 Å². The Morgan fingerprint density at radius 2 is 1.54 bits per heavy atom. The van der Waals surface area contributed by atoms with E-state index in [4.69, 9.17) is 0 Å². The Morgan fingerprint density at radius 3 is 2.00 bits per heavy atom. The van der Waals surface area contributed by atoms with Crippen LogP contribution in [0.1, 0.15) is 73.1 Å². The number of nitrogens with one attached hydrogen (secondary N) is 1. The standard InChI is InChI=1S/C22H35NO/c1-13(2)6-18-19(21(18,4)5)20(24)23-14(3)22-10-15-7-16(11-22)9-17(8-15)12-22/h6,14-19H,7-12H2,1-5H3,(H,23,24)/t14-,15?,16?,17?,18+,19-,22?/m0/s1. The molecule has 5 saturated carbocycles. The summed E-state index contributed by atoms with van der Waals surface area (Å²) < 4.78 is 0. The smallest absolute Gasteiger partial charge is 0.224 e. The van der Waals surface area contributed by atoms with E-state index in [1.165, 1.54) is 44.1 Å². The second kappa shape index (κ2) is 5.35. The van der Waals surface area contributed by atoms with Crippen LogP contribution < -0.4 is 5.32 Å². The fourth-order valence-corrected chi connectivity index (χ4v) is 7.01. The Hall–Kier alpha value is -0.790. The number of carbonyl (C=O) groups excluding carboxylic acids is 1. The quantitative estimate of drug-likeness (QED) is 0.727. The van der Waals surface area contributed by atoms with Crippen LogP contribution in [0.3, 0.4) is 0 Å². The van der Waals surface area contributed by atoms with Crippen LogP contribution in [-0.4, -0.2) is 11.9 Å². The van der Waals surface area contributed by atoms with Crippen molar-refractivity contribution in [3.05, 3.63) is 11.6 Å². The van der Waals surface area contributed by atoms with Crippen molar-refractivity contribution in [1.29, 1.82) is 0 Å². The molecule has 0 radical (unpaired) electrons. The average molecular weight is 330 g/mol. The molecule has 5 aliphatic carbocycles. The third-order valence-corrected chi connectivity index (χ3v) is 8.07. The minimum Gasteiger partial charge on any atom is -0.353 e. The Kier molecular flexibility index (Phi) is 3.72. The molecule has 2 heteroatoms. The van der Waals surface area contributed by atoms with Crippen molar-refractivity contribution in [2.24, 2.45) is 40.4 Å². The van der Waals surface area contributed by atoms with E-state index in [1.54, 1.807) is 0 Å². The molecule has 134 valence electrons. The lowest BCUT2D eigenvalue weighted by Crippen LogP contribution is -2.56. The van der Waals surface area contributed by atoms with Crippen LogP contribution in [0.2, 0.25) is 0 Å². The zero-order chi connectivity index (χ0) is 17.3. The molecule has 0 saturated heterocycles. The third-order valence-electron chi connectivity index (χ3n) is 8.07. The molecule has 5 aliphatic rings. The minimum absolute atomic E-state index is 0.128. The van der Waals surface area contributed by atoms with Crippen LogP contribution in [0.25, 0.3) is 0 Å². The summed E-state index contributed by atoms with van der Waals surface area (Å²) in [6, 6.07) is 0.349. The third kappa shape index (κ3) is 2.56. The zero-order valence-corrected chi connectivity index (χ0v) is 16.2. The molecule has 24 heavy (non-hydrogen) atoms. The van der Waals surface area contributed by atoms with Crippen LogP contribution in [0.4, 0.5) is 0 Å². The Morgan fingerprint density at radius 1 is 1.04 bits per heavy atom. The lowest BCUT2D eigenvalue weighted by molar-refractivity contribution is -0.127. The second-order valence-electron chi connectivity index (χ2n) is 10.6. The number of allylic oxidation sites excluding steroid dienone is 2. The molecule has 0 aromatic rings. The summed E-state index contributed by atoms with van der Waals surface area (Å²) in [5, 5.41) is 3.49. The van der Waals surface area contributed by atoms with Crippen LogP contribution in [0.5, 0.6) is 0 Å². The summed E-state index contributed by atoms with van der Waals surface area (Å²) in [5.41, 5.74) is 1.87. The molecule has 1 amide bonds. The highest BCUT2D eigenvalue weighted by Crippen LogP contribution is 2.62. The van der Waals surface area contributed by atoms with E-state index in [-0.39, 0.29) is 11.3 Å². The maximum absolute atomic E-state index is 13.0. The first-order chi connectivity index (χ1) is 11.2. The van der Waals surface area contributed by atoms with Gasteiger partial charge in [-0.1, -0.05) is 25.5 Å². The molecule has 0 aromatic heterocycles. The van der Waals surface area contributed by atoms with E-state index < -0.39 is 0 Å². The lowest BCUT2D eigenvalue weighted by Gasteiger charge is -2.59. The Balaban J connectivity index is 1.44. The van der Waals surface area contributed by atoms with Gasteiger partial charge in [0.05, 0.1) is 5.92 Å². The van der Waals surface area contributed by atoms with E-state index in [0.717, 1.165) is 17.8 Å². The minimum atomic E-state index is 0.128. The summed E-state index contributed by atoms with van der Waals surface area (Å²) in [4.78, 5) is 13.0. The van der Waals surface area contributed by atoms with Gasteiger partial charge in [0.2, 0.25) is 5.91 Å². The number of rotatable bonds is 4. The van der Waals surface area contributed by atoms with Crippen molar-refractivity contribution in [3.63, 3.8) is 0 Å². The molecule has 5 rings (SSSR count). The first-order valence-electron chi connectivity index (χ1n) is 10.2. The van der Waals surface area contributed by atoms with Gasteiger partial charge in [-0.05, 0) is 93.8 Å². The van der Waals surface area contributed by atoms with Gasteiger partial charge < -0.3 is 5.32 Å². The van der Waals surface area contributed by atoms with E-state index in [1.807, 2.05) is 0 Å². The van der Waals surface area contributed by atoms with Crippen molar-refractivity contribution in [2.45, 2.75) is 79.2 Å². The first-order valence-corrected chi connectivity index (χ1v) is 10.2. The monoisotopic (exact) mass is 329 g/mol. The number of hydrogen-bond donors (Lipinski definition) is 1. The average Bonchev–Trinajstić information content (AvgIpc) is 2.97. The first kappa shape index (κ1) is 16.7. The topological polar surface area (TPSA) is 29.1 Å². The molecule has 0 heterocycles. The van der Waals surface area contributed by atoms with Gasteiger partial charge in [0.25, 0.3) is 0 Å². The van der Waals surface area contributed by atoms with Gasteiger partial charge in [0.1, 0.15) is 0 Å². The molecule has 1 N–H and O–H groups in total. The Bertz CT molecular complexity index is 533. The number of hydrogen-bond acceptors (Lipinski definition) is 1. The summed E-state index contributed by atoms with van der Waals surface area (Å²) in [7, 11) is 0. The molecule has 0 unspecified atom stereocenters. The molecule has 3 atom stereocenters. The van der Waals surface area contributed by atoms with Crippen LogP contribution >= 0.6 is 0 Å². The largest absolute Gasteiger partial charge is 0.353 e. The molecule has 2 nitrogen and oxygen atoms in total.